The molecule has 4 rings (SSSR count). The summed E-state index contributed by atoms with van der Waals surface area (Å²) in [7, 11) is 0. The normalized spacial score (nSPS) is 12.5. The highest BCUT2D eigenvalue weighted by Gasteiger charge is 2.37. The molecule has 2 N–H and O–H groups in total. The van der Waals surface area contributed by atoms with Crippen LogP contribution in [0.4, 0.5) is 5.69 Å². The van der Waals surface area contributed by atoms with Gasteiger partial charge in [0, 0.05) is 34.6 Å². The fourth-order valence-corrected chi connectivity index (χ4v) is 3.05. The molecule has 0 saturated heterocycles. The number of carbonyl (C=O) groups is 1. The minimum absolute atomic E-state index is 0.232. The number of benzene rings is 2. The molecule has 1 atom stereocenters. The number of hydrogen-bond acceptors (Lipinski definition) is 6. The van der Waals surface area contributed by atoms with Crippen molar-refractivity contribution in [2.24, 2.45) is 0 Å². The standard InChI is InChI=1S/C24H17N3O4/c1-16-21-14-19(9-10-20(21)22(28)31-27-16)26-23(29)24(30,18-8-5-13-25-15-18)12-11-17-6-3-2-4-7-17/h2-10,13-15,30H,1H3,(H,26,29). The van der Waals surface area contributed by atoms with Gasteiger partial charge in [0.25, 0.3) is 5.91 Å². The number of fused-ring (bicyclic) bond motifs is 1. The highest BCUT2D eigenvalue weighted by atomic mass is 16.5. The molecule has 0 bridgehead atoms. The van der Waals surface area contributed by atoms with E-state index < -0.39 is 17.1 Å². The van der Waals surface area contributed by atoms with E-state index in [1.165, 1.54) is 18.5 Å². The predicted molar refractivity (Wildman–Crippen MR) is 115 cm³/mol. The van der Waals surface area contributed by atoms with Crippen LogP contribution in [0, 0.1) is 18.8 Å². The van der Waals surface area contributed by atoms with E-state index >= 15 is 0 Å². The maximum absolute atomic E-state index is 13.2. The van der Waals surface area contributed by atoms with E-state index in [4.69, 9.17) is 4.52 Å². The number of aromatic nitrogens is 2. The number of aryl methyl sites for hydroxylation is 1. The summed E-state index contributed by atoms with van der Waals surface area (Å²) in [5.74, 6) is 4.77. The molecule has 7 heteroatoms. The molecule has 152 valence electrons. The van der Waals surface area contributed by atoms with Gasteiger partial charge < -0.3 is 14.9 Å². The van der Waals surface area contributed by atoms with Crippen molar-refractivity contribution in [3.63, 3.8) is 0 Å². The van der Waals surface area contributed by atoms with Gasteiger partial charge in [0.1, 0.15) is 0 Å². The zero-order chi connectivity index (χ0) is 21.8. The summed E-state index contributed by atoms with van der Waals surface area (Å²) < 4.78 is 4.72. The van der Waals surface area contributed by atoms with Crippen molar-refractivity contribution >= 4 is 22.4 Å². The zero-order valence-electron chi connectivity index (χ0n) is 16.5. The van der Waals surface area contributed by atoms with Gasteiger partial charge in [-0.2, -0.15) is 0 Å². The van der Waals surface area contributed by atoms with E-state index in [0.717, 1.165) is 0 Å². The molecule has 7 nitrogen and oxygen atoms in total. The lowest BCUT2D eigenvalue weighted by Gasteiger charge is -2.21. The molecule has 2 aromatic heterocycles. The molecule has 4 aromatic rings. The fourth-order valence-electron chi connectivity index (χ4n) is 3.05. The number of carbonyl (C=O) groups excluding carboxylic acids is 1. The predicted octanol–water partition coefficient (Wildman–Crippen LogP) is 2.77. The monoisotopic (exact) mass is 411 g/mol. The molecule has 1 unspecified atom stereocenters. The van der Waals surface area contributed by atoms with E-state index in [2.05, 4.69) is 27.3 Å². The number of amides is 1. The molecule has 0 aliphatic rings. The van der Waals surface area contributed by atoms with Gasteiger partial charge in [-0.1, -0.05) is 35.3 Å². The molecular formula is C24H17N3O4. The van der Waals surface area contributed by atoms with Crippen LogP contribution in [0.5, 0.6) is 0 Å². The first-order valence-electron chi connectivity index (χ1n) is 9.40. The van der Waals surface area contributed by atoms with Crippen molar-refractivity contribution in [1.82, 2.24) is 10.1 Å². The Morgan fingerprint density at radius 3 is 2.65 bits per heavy atom. The lowest BCUT2D eigenvalue weighted by molar-refractivity contribution is -0.129. The third-order valence-corrected chi connectivity index (χ3v) is 4.72. The molecule has 2 heterocycles. The van der Waals surface area contributed by atoms with Gasteiger partial charge in [0.05, 0.1) is 11.1 Å². The zero-order valence-corrected chi connectivity index (χ0v) is 16.5. The second kappa shape index (κ2) is 8.22. The summed E-state index contributed by atoms with van der Waals surface area (Å²) in [5, 5.41) is 18.5. The second-order valence-corrected chi connectivity index (χ2v) is 6.84. The minimum Gasteiger partial charge on any atom is -0.366 e. The molecule has 0 radical (unpaired) electrons. The van der Waals surface area contributed by atoms with Crippen LogP contribution in [0.3, 0.4) is 0 Å². The summed E-state index contributed by atoms with van der Waals surface area (Å²) in [4.78, 5) is 29.0. The molecular weight excluding hydrogens is 394 g/mol. The fraction of sp³-hybridized carbons (Fsp3) is 0.0833. The Balaban J connectivity index is 1.73. The van der Waals surface area contributed by atoms with Gasteiger partial charge in [-0.3, -0.25) is 9.78 Å². The molecule has 2 aromatic carbocycles. The Morgan fingerprint density at radius 1 is 1.10 bits per heavy atom. The quantitative estimate of drug-likeness (QED) is 0.502. The lowest BCUT2D eigenvalue weighted by atomic mass is 9.94. The van der Waals surface area contributed by atoms with Gasteiger partial charge in [0.15, 0.2) is 0 Å². The highest BCUT2D eigenvalue weighted by molar-refractivity contribution is 6.01. The average molecular weight is 411 g/mol. The molecule has 31 heavy (non-hydrogen) atoms. The van der Waals surface area contributed by atoms with Crippen molar-refractivity contribution in [3.05, 3.63) is 100 Å². The van der Waals surface area contributed by atoms with Gasteiger partial charge in [0.2, 0.25) is 5.60 Å². The van der Waals surface area contributed by atoms with Crippen LogP contribution >= 0.6 is 0 Å². The molecule has 0 saturated carbocycles. The molecule has 0 aliphatic heterocycles. The van der Waals surface area contributed by atoms with Crippen LogP contribution in [0.25, 0.3) is 10.8 Å². The number of aliphatic hydroxyl groups is 1. The number of rotatable bonds is 3. The van der Waals surface area contributed by atoms with Crippen molar-refractivity contribution in [2.45, 2.75) is 12.5 Å². The van der Waals surface area contributed by atoms with Crippen molar-refractivity contribution in [1.29, 1.82) is 0 Å². The smallest absolute Gasteiger partial charge is 0.366 e. The molecule has 0 aliphatic carbocycles. The Morgan fingerprint density at radius 2 is 1.90 bits per heavy atom. The summed E-state index contributed by atoms with van der Waals surface area (Å²) in [6.07, 6.45) is 2.93. The number of nitrogens with one attached hydrogen (secondary N) is 1. The molecule has 0 spiro atoms. The van der Waals surface area contributed by atoms with Crippen LogP contribution in [0.15, 0.2) is 82.4 Å². The van der Waals surface area contributed by atoms with Crippen molar-refractivity contribution < 1.29 is 14.4 Å². The van der Waals surface area contributed by atoms with Crippen LogP contribution < -0.4 is 10.9 Å². The first-order chi connectivity index (χ1) is 15.0. The Kier molecular flexibility index (Phi) is 5.31. The van der Waals surface area contributed by atoms with Crippen molar-refractivity contribution in [3.8, 4) is 11.8 Å². The first kappa shape index (κ1) is 20.0. The number of pyridine rings is 1. The second-order valence-electron chi connectivity index (χ2n) is 6.84. The van der Waals surface area contributed by atoms with Crippen LogP contribution in [-0.4, -0.2) is 21.2 Å². The van der Waals surface area contributed by atoms with E-state index in [1.807, 2.05) is 18.2 Å². The highest BCUT2D eigenvalue weighted by Crippen LogP contribution is 2.24. The number of anilines is 1. The third-order valence-electron chi connectivity index (χ3n) is 4.72. The SMILES string of the molecule is Cc1noc(=O)c2ccc(NC(=O)C(O)(C#Cc3ccccc3)c3cccnc3)cc12. The van der Waals surface area contributed by atoms with E-state index in [1.54, 1.807) is 43.3 Å². The summed E-state index contributed by atoms with van der Waals surface area (Å²) in [6, 6.07) is 16.9. The van der Waals surface area contributed by atoms with Gasteiger partial charge in [-0.25, -0.2) is 4.79 Å². The van der Waals surface area contributed by atoms with Crippen LogP contribution in [0.1, 0.15) is 16.8 Å². The van der Waals surface area contributed by atoms with Crippen LogP contribution in [0.2, 0.25) is 0 Å². The summed E-state index contributed by atoms with van der Waals surface area (Å²) in [5.41, 5.74) is -0.970. The van der Waals surface area contributed by atoms with E-state index in [9.17, 15) is 14.7 Å². The third kappa shape index (κ3) is 4.06. The largest absolute Gasteiger partial charge is 0.366 e. The topological polar surface area (TPSA) is 105 Å². The number of nitrogens with zero attached hydrogens (tertiary/aromatic N) is 2. The maximum atomic E-state index is 13.2. The van der Waals surface area contributed by atoms with Crippen molar-refractivity contribution in [2.75, 3.05) is 5.32 Å². The summed E-state index contributed by atoms with van der Waals surface area (Å²) >= 11 is 0. The molecule has 0 fully saturated rings. The van der Waals surface area contributed by atoms with Gasteiger partial charge >= 0.3 is 5.63 Å². The first-order valence-corrected chi connectivity index (χ1v) is 9.40. The van der Waals surface area contributed by atoms with E-state index in [0.29, 0.717) is 27.7 Å². The Bertz CT molecular complexity index is 1370. The summed E-state index contributed by atoms with van der Waals surface area (Å²) in [6.45, 7) is 1.69. The maximum Gasteiger partial charge on any atom is 0.366 e. The Hall–Kier alpha value is -4.28. The average Bonchev–Trinajstić information content (AvgIpc) is 2.81. The van der Waals surface area contributed by atoms with Crippen LogP contribution in [-0.2, 0) is 10.4 Å². The lowest BCUT2D eigenvalue weighted by Crippen LogP contribution is -2.39. The Labute approximate surface area is 177 Å². The molecule has 1 amide bonds. The van der Waals surface area contributed by atoms with Gasteiger partial charge in [-0.05, 0) is 49.2 Å². The minimum atomic E-state index is -2.15. The van der Waals surface area contributed by atoms with E-state index in [-0.39, 0.29) is 5.56 Å². The van der Waals surface area contributed by atoms with Gasteiger partial charge in [-0.15, -0.1) is 0 Å². The number of hydrogen-bond donors (Lipinski definition) is 2.